The Hall–Kier alpha value is -0.200. The van der Waals surface area contributed by atoms with E-state index in [0.29, 0.717) is 5.25 Å². The number of hydrogen-bond acceptors (Lipinski definition) is 3. The third-order valence-electron chi connectivity index (χ3n) is 1.39. The molecular formula is C8H15NOS. The highest BCUT2D eigenvalue weighted by molar-refractivity contribution is 7.99. The number of thioether (sulfide) groups is 1. The molecule has 0 spiro atoms. The zero-order chi connectivity index (χ0) is 8.69. The highest BCUT2D eigenvalue weighted by Crippen LogP contribution is 2.16. The molecule has 0 radical (unpaired) electrons. The summed E-state index contributed by atoms with van der Waals surface area (Å²) in [5.74, 6) is 0.999. The SMILES string of the molecule is CC(C#N)CSC(C)CCO. The Morgan fingerprint density at radius 1 is 1.55 bits per heavy atom. The normalized spacial score (nSPS) is 15.5. The van der Waals surface area contributed by atoms with E-state index in [-0.39, 0.29) is 12.5 Å². The summed E-state index contributed by atoms with van der Waals surface area (Å²) in [6.07, 6.45) is 0.822. The standard InChI is InChI=1S/C8H15NOS/c1-7(5-9)6-11-8(2)3-4-10/h7-8,10H,3-4,6H2,1-2H3. The van der Waals surface area contributed by atoms with Gasteiger partial charge in [0, 0.05) is 17.6 Å². The second-order valence-electron chi connectivity index (χ2n) is 2.69. The average molecular weight is 173 g/mol. The van der Waals surface area contributed by atoms with Crippen LogP contribution in [0.1, 0.15) is 20.3 Å². The van der Waals surface area contributed by atoms with Crippen molar-refractivity contribution in [3.8, 4) is 6.07 Å². The molecule has 2 nitrogen and oxygen atoms in total. The average Bonchev–Trinajstić information content (AvgIpc) is 2.01. The van der Waals surface area contributed by atoms with Crippen molar-refractivity contribution >= 4 is 11.8 Å². The molecule has 0 heterocycles. The second kappa shape index (κ2) is 6.51. The van der Waals surface area contributed by atoms with Gasteiger partial charge in [-0.25, -0.2) is 0 Å². The van der Waals surface area contributed by atoms with Crippen LogP contribution in [0.15, 0.2) is 0 Å². The first kappa shape index (κ1) is 10.8. The van der Waals surface area contributed by atoms with Gasteiger partial charge in [0.15, 0.2) is 0 Å². The zero-order valence-corrected chi connectivity index (χ0v) is 7.90. The summed E-state index contributed by atoms with van der Waals surface area (Å²) in [6.45, 7) is 4.23. The molecule has 0 amide bonds. The molecule has 0 bridgehead atoms. The molecule has 64 valence electrons. The van der Waals surface area contributed by atoms with E-state index >= 15 is 0 Å². The summed E-state index contributed by atoms with van der Waals surface area (Å²) in [6, 6.07) is 2.18. The summed E-state index contributed by atoms with van der Waals surface area (Å²) in [5.41, 5.74) is 0. The van der Waals surface area contributed by atoms with E-state index in [1.807, 2.05) is 6.92 Å². The molecule has 11 heavy (non-hydrogen) atoms. The molecule has 0 aliphatic carbocycles. The lowest BCUT2D eigenvalue weighted by Crippen LogP contribution is -2.03. The van der Waals surface area contributed by atoms with Crippen LogP contribution in [0, 0.1) is 17.2 Å². The molecule has 0 aromatic carbocycles. The van der Waals surface area contributed by atoms with Crippen LogP contribution in [0.5, 0.6) is 0 Å². The number of hydrogen-bond donors (Lipinski definition) is 1. The van der Waals surface area contributed by atoms with Crippen molar-refractivity contribution in [1.29, 1.82) is 5.26 Å². The lowest BCUT2D eigenvalue weighted by Gasteiger charge is -2.09. The van der Waals surface area contributed by atoms with Crippen molar-refractivity contribution in [2.24, 2.45) is 5.92 Å². The number of aliphatic hydroxyl groups excluding tert-OH is 1. The van der Waals surface area contributed by atoms with Crippen LogP contribution in [0.25, 0.3) is 0 Å². The molecule has 0 saturated carbocycles. The summed E-state index contributed by atoms with van der Waals surface area (Å²) < 4.78 is 0. The van der Waals surface area contributed by atoms with Crippen molar-refractivity contribution in [2.45, 2.75) is 25.5 Å². The molecule has 0 fully saturated rings. The van der Waals surface area contributed by atoms with Gasteiger partial charge < -0.3 is 5.11 Å². The smallest absolute Gasteiger partial charge is 0.0661 e. The highest BCUT2D eigenvalue weighted by Gasteiger charge is 2.04. The Labute approximate surface area is 72.6 Å². The Bertz CT molecular complexity index is 133. The van der Waals surface area contributed by atoms with Crippen molar-refractivity contribution in [3.63, 3.8) is 0 Å². The van der Waals surface area contributed by atoms with E-state index in [4.69, 9.17) is 10.4 Å². The van der Waals surface area contributed by atoms with Crippen LogP contribution in [0.2, 0.25) is 0 Å². The van der Waals surface area contributed by atoms with Gasteiger partial charge in [-0.2, -0.15) is 17.0 Å². The maximum absolute atomic E-state index is 8.58. The summed E-state index contributed by atoms with van der Waals surface area (Å²) >= 11 is 1.75. The number of rotatable bonds is 5. The third kappa shape index (κ3) is 6.21. The molecule has 3 heteroatoms. The first-order chi connectivity index (χ1) is 5.20. The monoisotopic (exact) mass is 173 g/mol. The molecule has 2 atom stereocenters. The number of nitriles is 1. The molecular weight excluding hydrogens is 158 g/mol. The van der Waals surface area contributed by atoms with Gasteiger partial charge in [-0.3, -0.25) is 0 Å². The van der Waals surface area contributed by atoms with Gasteiger partial charge in [-0.15, -0.1) is 0 Å². The second-order valence-corrected chi connectivity index (χ2v) is 4.16. The lowest BCUT2D eigenvalue weighted by atomic mass is 10.3. The molecule has 0 saturated heterocycles. The zero-order valence-electron chi connectivity index (χ0n) is 7.08. The van der Waals surface area contributed by atoms with Gasteiger partial charge in [0.25, 0.3) is 0 Å². The molecule has 1 N–H and O–H groups in total. The van der Waals surface area contributed by atoms with Gasteiger partial charge in [-0.05, 0) is 13.3 Å². The number of nitrogens with zero attached hydrogens (tertiary/aromatic N) is 1. The molecule has 0 aromatic heterocycles. The number of aliphatic hydroxyl groups is 1. The van der Waals surface area contributed by atoms with Gasteiger partial charge >= 0.3 is 0 Å². The fourth-order valence-electron chi connectivity index (χ4n) is 0.611. The Kier molecular flexibility index (Phi) is 6.39. The Morgan fingerprint density at radius 3 is 2.64 bits per heavy atom. The predicted molar refractivity (Wildman–Crippen MR) is 48.4 cm³/mol. The topological polar surface area (TPSA) is 44.0 Å². The summed E-state index contributed by atoms with van der Waals surface area (Å²) in [5, 5.41) is 17.5. The van der Waals surface area contributed by atoms with Crippen molar-refractivity contribution in [2.75, 3.05) is 12.4 Å². The van der Waals surface area contributed by atoms with Gasteiger partial charge in [0.2, 0.25) is 0 Å². The van der Waals surface area contributed by atoms with Crippen LogP contribution < -0.4 is 0 Å². The Balaban J connectivity index is 3.31. The molecule has 2 unspecified atom stereocenters. The van der Waals surface area contributed by atoms with Crippen molar-refractivity contribution in [1.82, 2.24) is 0 Å². The maximum Gasteiger partial charge on any atom is 0.0661 e. The maximum atomic E-state index is 8.58. The summed E-state index contributed by atoms with van der Waals surface area (Å²) in [7, 11) is 0. The van der Waals surface area contributed by atoms with Crippen LogP contribution in [-0.4, -0.2) is 22.7 Å². The van der Waals surface area contributed by atoms with Crippen LogP contribution in [0.3, 0.4) is 0 Å². The first-order valence-electron chi connectivity index (χ1n) is 3.82. The predicted octanol–water partition coefficient (Wildman–Crippen LogP) is 1.65. The van der Waals surface area contributed by atoms with Crippen LogP contribution >= 0.6 is 11.8 Å². The minimum absolute atomic E-state index is 0.126. The fraction of sp³-hybridized carbons (Fsp3) is 0.875. The van der Waals surface area contributed by atoms with E-state index in [0.717, 1.165) is 12.2 Å². The molecule has 0 aliphatic rings. The highest BCUT2D eigenvalue weighted by atomic mass is 32.2. The molecule has 0 rings (SSSR count). The Morgan fingerprint density at radius 2 is 2.18 bits per heavy atom. The van der Waals surface area contributed by atoms with Crippen molar-refractivity contribution in [3.05, 3.63) is 0 Å². The van der Waals surface area contributed by atoms with E-state index < -0.39 is 0 Å². The minimum atomic E-state index is 0.126. The first-order valence-corrected chi connectivity index (χ1v) is 4.87. The van der Waals surface area contributed by atoms with E-state index in [1.165, 1.54) is 0 Å². The lowest BCUT2D eigenvalue weighted by molar-refractivity contribution is 0.289. The minimum Gasteiger partial charge on any atom is -0.396 e. The van der Waals surface area contributed by atoms with Crippen LogP contribution in [0.4, 0.5) is 0 Å². The fourth-order valence-corrected chi connectivity index (χ4v) is 1.57. The summed E-state index contributed by atoms with van der Waals surface area (Å²) in [4.78, 5) is 0. The van der Waals surface area contributed by atoms with Crippen LogP contribution in [-0.2, 0) is 0 Å². The third-order valence-corrected chi connectivity index (χ3v) is 2.88. The molecule has 0 aromatic rings. The quantitative estimate of drug-likeness (QED) is 0.687. The van der Waals surface area contributed by atoms with E-state index in [9.17, 15) is 0 Å². The largest absolute Gasteiger partial charge is 0.396 e. The van der Waals surface area contributed by atoms with Gasteiger partial charge in [0.1, 0.15) is 0 Å². The molecule has 0 aliphatic heterocycles. The van der Waals surface area contributed by atoms with Gasteiger partial charge in [-0.1, -0.05) is 6.92 Å². The van der Waals surface area contributed by atoms with E-state index in [2.05, 4.69) is 13.0 Å². The van der Waals surface area contributed by atoms with Gasteiger partial charge in [0.05, 0.1) is 12.0 Å². The van der Waals surface area contributed by atoms with Crippen molar-refractivity contribution < 1.29 is 5.11 Å². The van der Waals surface area contributed by atoms with E-state index in [1.54, 1.807) is 11.8 Å².